The summed E-state index contributed by atoms with van der Waals surface area (Å²) in [6.07, 6.45) is 0. The van der Waals surface area contributed by atoms with Crippen LogP contribution in [0.2, 0.25) is 0 Å². The Bertz CT molecular complexity index is 402. The summed E-state index contributed by atoms with van der Waals surface area (Å²) in [5, 5.41) is 2.86. The molecule has 0 atom stereocenters. The van der Waals surface area contributed by atoms with Crippen molar-refractivity contribution in [3.63, 3.8) is 0 Å². The number of carbonyl (C=O) groups is 1. The normalized spacial score (nSPS) is 10.4. The molecular formula is C13H21N3O. The molecule has 3 N–H and O–H groups in total. The van der Waals surface area contributed by atoms with E-state index < -0.39 is 0 Å². The summed E-state index contributed by atoms with van der Waals surface area (Å²) in [6.45, 7) is 6.16. The van der Waals surface area contributed by atoms with Crippen molar-refractivity contribution < 1.29 is 4.79 Å². The molecule has 0 aliphatic carbocycles. The first-order valence-electron chi connectivity index (χ1n) is 5.77. The minimum Gasteiger partial charge on any atom is -0.397 e. The first-order chi connectivity index (χ1) is 7.91. The minimum absolute atomic E-state index is 0.00315. The Hall–Kier alpha value is -1.71. The lowest BCUT2D eigenvalue weighted by atomic mass is 10.1. The van der Waals surface area contributed by atoms with Gasteiger partial charge in [0.15, 0.2) is 0 Å². The first-order valence-corrected chi connectivity index (χ1v) is 5.77. The number of aryl methyl sites for hydroxylation is 1. The number of hydrogen-bond donors (Lipinski definition) is 2. The molecule has 0 fully saturated rings. The van der Waals surface area contributed by atoms with Crippen LogP contribution in [0.15, 0.2) is 18.2 Å². The number of nitrogens with zero attached hydrogens (tertiary/aromatic N) is 1. The largest absolute Gasteiger partial charge is 0.397 e. The fourth-order valence-corrected chi connectivity index (χ4v) is 1.67. The smallest absolute Gasteiger partial charge is 0.239 e. The number of likely N-dealkylation sites (N-methyl/N-ethyl adjacent to an activating group) is 1. The number of carbonyl (C=O) groups excluding carboxylic acids is 1. The van der Waals surface area contributed by atoms with Gasteiger partial charge in [0.2, 0.25) is 5.91 Å². The minimum atomic E-state index is 0.00315. The zero-order valence-electron chi connectivity index (χ0n) is 10.9. The van der Waals surface area contributed by atoms with Gasteiger partial charge in [-0.05, 0) is 32.4 Å². The van der Waals surface area contributed by atoms with Crippen molar-refractivity contribution in [2.75, 3.05) is 24.2 Å². The van der Waals surface area contributed by atoms with Gasteiger partial charge in [-0.15, -0.1) is 0 Å². The van der Waals surface area contributed by atoms with E-state index in [1.165, 1.54) is 0 Å². The SMILES string of the molecule is Cc1cccc(N(C)CC(=O)NC(C)C)c1N. The van der Waals surface area contributed by atoms with Gasteiger partial charge in [-0.3, -0.25) is 4.79 Å². The molecule has 0 aromatic heterocycles. The lowest BCUT2D eigenvalue weighted by Crippen LogP contribution is -2.38. The van der Waals surface area contributed by atoms with Crippen LogP contribution < -0.4 is 16.0 Å². The standard InChI is InChI=1S/C13H21N3O/c1-9(2)15-12(17)8-16(4)11-7-5-6-10(3)13(11)14/h5-7,9H,8,14H2,1-4H3,(H,15,17). The monoisotopic (exact) mass is 235 g/mol. The summed E-state index contributed by atoms with van der Waals surface area (Å²) in [4.78, 5) is 13.5. The maximum absolute atomic E-state index is 11.6. The molecule has 1 rings (SSSR count). The van der Waals surface area contributed by atoms with Crippen molar-refractivity contribution in [2.45, 2.75) is 26.8 Å². The van der Waals surface area contributed by atoms with Gasteiger partial charge in [0.1, 0.15) is 0 Å². The summed E-state index contributed by atoms with van der Waals surface area (Å²) in [5.74, 6) is 0.00315. The predicted octanol–water partition coefficient (Wildman–Crippen LogP) is 1.54. The van der Waals surface area contributed by atoms with Crippen LogP contribution in [0.4, 0.5) is 11.4 Å². The summed E-state index contributed by atoms with van der Waals surface area (Å²) >= 11 is 0. The summed E-state index contributed by atoms with van der Waals surface area (Å²) in [6, 6.07) is 5.98. The average molecular weight is 235 g/mol. The van der Waals surface area contributed by atoms with Crippen LogP contribution in [-0.4, -0.2) is 25.5 Å². The highest BCUT2D eigenvalue weighted by atomic mass is 16.2. The van der Waals surface area contributed by atoms with Crippen molar-refractivity contribution in [1.29, 1.82) is 0 Å². The lowest BCUT2D eigenvalue weighted by Gasteiger charge is -2.22. The number of hydrogen-bond acceptors (Lipinski definition) is 3. The van der Waals surface area contributed by atoms with Gasteiger partial charge in [0.05, 0.1) is 17.9 Å². The number of rotatable bonds is 4. The van der Waals surface area contributed by atoms with E-state index >= 15 is 0 Å². The molecule has 17 heavy (non-hydrogen) atoms. The van der Waals surface area contributed by atoms with Crippen molar-refractivity contribution in [1.82, 2.24) is 5.32 Å². The third kappa shape index (κ3) is 3.66. The van der Waals surface area contributed by atoms with Gasteiger partial charge < -0.3 is 16.0 Å². The molecule has 1 aromatic rings. The Morgan fingerprint density at radius 2 is 2.12 bits per heavy atom. The Kier molecular flexibility index (Phi) is 4.37. The van der Waals surface area contributed by atoms with E-state index in [1.807, 2.05) is 50.9 Å². The Morgan fingerprint density at radius 3 is 2.71 bits per heavy atom. The molecule has 0 aliphatic heterocycles. The molecule has 0 unspecified atom stereocenters. The fraction of sp³-hybridized carbons (Fsp3) is 0.462. The molecule has 0 radical (unpaired) electrons. The number of benzene rings is 1. The fourth-order valence-electron chi connectivity index (χ4n) is 1.67. The van der Waals surface area contributed by atoms with Crippen molar-refractivity contribution in [2.24, 2.45) is 0 Å². The van der Waals surface area contributed by atoms with Crippen LogP contribution in [0.5, 0.6) is 0 Å². The number of anilines is 2. The zero-order valence-corrected chi connectivity index (χ0v) is 10.9. The maximum Gasteiger partial charge on any atom is 0.239 e. The van der Waals surface area contributed by atoms with Crippen molar-refractivity contribution in [3.05, 3.63) is 23.8 Å². The average Bonchev–Trinajstić information content (AvgIpc) is 2.20. The van der Waals surface area contributed by atoms with Crippen LogP contribution in [-0.2, 0) is 4.79 Å². The predicted molar refractivity (Wildman–Crippen MR) is 72.1 cm³/mol. The van der Waals surface area contributed by atoms with E-state index in [0.29, 0.717) is 6.54 Å². The number of nitrogens with one attached hydrogen (secondary N) is 1. The second-order valence-corrected chi connectivity index (χ2v) is 4.59. The summed E-state index contributed by atoms with van der Waals surface area (Å²) in [5.41, 5.74) is 8.64. The van der Waals surface area contributed by atoms with Gasteiger partial charge in [-0.2, -0.15) is 0 Å². The first kappa shape index (κ1) is 13.4. The van der Waals surface area contributed by atoms with Crippen LogP contribution >= 0.6 is 0 Å². The number of para-hydroxylation sites is 1. The molecule has 1 amide bonds. The molecule has 0 heterocycles. The highest BCUT2D eigenvalue weighted by Gasteiger charge is 2.11. The molecule has 0 saturated carbocycles. The zero-order chi connectivity index (χ0) is 13.0. The van der Waals surface area contributed by atoms with E-state index in [-0.39, 0.29) is 11.9 Å². The van der Waals surface area contributed by atoms with E-state index in [1.54, 1.807) is 0 Å². The van der Waals surface area contributed by atoms with Gasteiger partial charge in [0, 0.05) is 13.1 Å². The van der Waals surface area contributed by atoms with Crippen LogP contribution in [0, 0.1) is 6.92 Å². The van der Waals surface area contributed by atoms with E-state index in [4.69, 9.17) is 5.73 Å². The molecule has 1 aromatic carbocycles. The van der Waals surface area contributed by atoms with Gasteiger partial charge in [0.25, 0.3) is 0 Å². The van der Waals surface area contributed by atoms with Gasteiger partial charge in [-0.1, -0.05) is 12.1 Å². The van der Waals surface area contributed by atoms with Crippen LogP contribution in [0.1, 0.15) is 19.4 Å². The second-order valence-electron chi connectivity index (χ2n) is 4.59. The molecule has 4 heteroatoms. The number of amides is 1. The van der Waals surface area contributed by atoms with E-state index in [2.05, 4.69) is 5.32 Å². The van der Waals surface area contributed by atoms with Gasteiger partial charge >= 0.3 is 0 Å². The van der Waals surface area contributed by atoms with E-state index in [9.17, 15) is 4.79 Å². The van der Waals surface area contributed by atoms with Crippen LogP contribution in [0.3, 0.4) is 0 Å². The summed E-state index contributed by atoms with van der Waals surface area (Å²) in [7, 11) is 1.87. The lowest BCUT2D eigenvalue weighted by molar-refractivity contribution is -0.120. The van der Waals surface area contributed by atoms with Crippen molar-refractivity contribution >= 4 is 17.3 Å². The van der Waals surface area contributed by atoms with E-state index in [0.717, 1.165) is 16.9 Å². The third-order valence-corrected chi connectivity index (χ3v) is 2.54. The second kappa shape index (κ2) is 5.57. The molecule has 0 bridgehead atoms. The molecular weight excluding hydrogens is 214 g/mol. The Morgan fingerprint density at radius 1 is 1.47 bits per heavy atom. The highest BCUT2D eigenvalue weighted by molar-refractivity contribution is 5.83. The Labute approximate surface area is 103 Å². The van der Waals surface area contributed by atoms with Crippen molar-refractivity contribution in [3.8, 4) is 0 Å². The molecule has 0 aliphatic rings. The molecule has 4 nitrogen and oxygen atoms in total. The number of nitrogen functional groups attached to an aromatic ring is 1. The molecule has 0 saturated heterocycles. The third-order valence-electron chi connectivity index (χ3n) is 2.54. The molecule has 94 valence electrons. The van der Waals surface area contributed by atoms with Gasteiger partial charge in [-0.25, -0.2) is 0 Å². The number of nitrogens with two attached hydrogens (primary N) is 1. The van der Waals surface area contributed by atoms with Crippen LogP contribution in [0.25, 0.3) is 0 Å². The highest BCUT2D eigenvalue weighted by Crippen LogP contribution is 2.24. The topological polar surface area (TPSA) is 58.4 Å². The maximum atomic E-state index is 11.6. The summed E-state index contributed by atoms with van der Waals surface area (Å²) < 4.78 is 0. The quantitative estimate of drug-likeness (QED) is 0.778. The molecule has 0 spiro atoms. The Balaban J connectivity index is 2.73.